The van der Waals surface area contributed by atoms with Crippen LogP contribution in [0.5, 0.6) is 0 Å². The molecular formula is C24H27F3N6O3. The molecule has 4 heterocycles. The number of halogens is 3. The highest BCUT2D eigenvalue weighted by Gasteiger charge is 2.41. The number of hydrogen-bond acceptors (Lipinski definition) is 8. The van der Waals surface area contributed by atoms with Crippen LogP contribution in [0.4, 0.5) is 19.1 Å². The number of likely N-dealkylation sites (tertiary alicyclic amines) is 1. The highest BCUT2D eigenvalue weighted by Crippen LogP contribution is 2.38. The third-order valence-corrected chi connectivity index (χ3v) is 6.29. The Kier molecular flexibility index (Phi) is 7.82. The summed E-state index contributed by atoms with van der Waals surface area (Å²) in [5, 5.41) is 15.8. The standard InChI is InChI=1S/C19H18F3N5O.C5H9NO2/c20-19(21,22)12-4-6-13(7-5-12)24-18-23-10-8-16(26-18)14-2-1-3-15(25-14)17-9-11-28-27-17;1-6-3-2-4(7)5(6)8/h1-3,8-13H,4-7H2,(H,23,24,26);4,7H,2-3H2,1H3. The van der Waals surface area contributed by atoms with Gasteiger partial charge in [-0.1, -0.05) is 11.2 Å². The first-order valence-corrected chi connectivity index (χ1v) is 11.7. The molecule has 12 heteroatoms. The smallest absolute Gasteiger partial charge is 0.383 e. The summed E-state index contributed by atoms with van der Waals surface area (Å²) >= 11 is 0. The summed E-state index contributed by atoms with van der Waals surface area (Å²) in [4.78, 5) is 25.3. The minimum absolute atomic E-state index is 0.0664. The van der Waals surface area contributed by atoms with Gasteiger partial charge in [-0.3, -0.25) is 4.79 Å². The molecule has 2 N–H and O–H groups in total. The van der Waals surface area contributed by atoms with E-state index in [0.717, 1.165) is 0 Å². The van der Waals surface area contributed by atoms with Crippen LogP contribution in [-0.2, 0) is 4.79 Å². The summed E-state index contributed by atoms with van der Waals surface area (Å²) in [6.07, 6.45) is -0.0166. The summed E-state index contributed by atoms with van der Waals surface area (Å²) in [5.41, 5.74) is 2.54. The molecular weight excluding hydrogens is 477 g/mol. The van der Waals surface area contributed by atoms with Gasteiger partial charge in [0.15, 0.2) is 0 Å². The van der Waals surface area contributed by atoms with Crippen LogP contribution in [-0.4, -0.2) is 67.9 Å². The molecule has 1 aliphatic carbocycles. The number of aromatic nitrogens is 4. The van der Waals surface area contributed by atoms with E-state index in [0.29, 0.717) is 54.5 Å². The summed E-state index contributed by atoms with van der Waals surface area (Å²) in [5.74, 6) is -0.965. The molecule has 0 radical (unpaired) electrons. The Hall–Kier alpha value is -3.54. The normalized spacial score (nSPS) is 22.2. The monoisotopic (exact) mass is 504 g/mol. The van der Waals surface area contributed by atoms with Crippen LogP contribution in [0.2, 0.25) is 0 Å². The van der Waals surface area contributed by atoms with E-state index >= 15 is 0 Å². The van der Waals surface area contributed by atoms with Crippen LogP contribution >= 0.6 is 0 Å². The molecule has 192 valence electrons. The zero-order valence-corrected chi connectivity index (χ0v) is 19.6. The zero-order valence-electron chi connectivity index (χ0n) is 19.6. The first kappa shape index (κ1) is 25.5. The van der Waals surface area contributed by atoms with Crippen LogP contribution in [0.1, 0.15) is 32.1 Å². The van der Waals surface area contributed by atoms with Crippen LogP contribution in [0.25, 0.3) is 22.8 Å². The molecule has 1 saturated heterocycles. The van der Waals surface area contributed by atoms with Crippen LogP contribution in [0.3, 0.4) is 0 Å². The molecule has 2 fully saturated rings. The molecule has 1 amide bonds. The van der Waals surface area contributed by atoms with E-state index in [1.165, 1.54) is 11.2 Å². The number of carbonyl (C=O) groups excluding carboxylic acids is 1. The lowest BCUT2D eigenvalue weighted by atomic mass is 9.86. The molecule has 0 spiro atoms. The predicted octanol–water partition coefficient (Wildman–Crippen LogP) is 3.94. The maximum atomic E-state index is 12.8. The average molecular weight is 505 g/mol. The number of carbonyl (C=O) groups is 1. The Bertz CT molecular complexity index is 1140. The minimum Gasteiger partial charge on any atom is -0.383 e. The van der Waals surface area contributed by atoms with E-state index < -0.39 is 18.2 Å². The van der Waals surface area contributed by atoms with Gasteiger partial charge in [0.05, 0.1) is 23.0 Å². The number of aliphatic hydroxyl groups is 1. The molecule has 1 saturated carbocycles. The van der Waals surface area contributed by atoms with Gasteiger partial charge in [0.2, 0.25) is 5.95 Å². The zero-order chi connectivity index (χ0) is 25.7. The third kappa shape index (κ3) is 6.36. The number of anilines is 1. The number of hydrogen-bond donors (Lipinski definition) is 2. The number of pyridine rings is 1. The lowest BCUT2D eigenvalue weighted by Gasteiger charge is -2.30. The number of rotatable bonds is 4. The van der Waals surface area contributed by atoms with Gasteiger partial charge in [-0.15, -0.1) is 0 Å². The first-order chi connectivity index (χ1) is 17.2. The van der Waals surface area contributed by atoms with Gasteiger partial charge in [-0.05, 0) is 50.3 Å². The van der Waals surface area contributed by atoms with Crippen molar-refractivity contribution in [2.45, 2.75) is 50.4 Å². The van der Waals surface area contributed by atoms with Gasteiger partial charge < -0.3 is 19.8 Å². The largest absolute Gasteiger partial charge is 0.391 e. The summed E-state index contributed by atoms with van der Waals surface area (Å²) in [7, 11) is 1.69. The quantitative estimate of drug-likeness (QED) is 0.549. The number of alkyl halides is 3. The van der Waals surface area contributed by atoms with Crippen molar-refractivity contribution in [2.24, 2.45) is 5.92 Å². The second-order valence-electron chi connectivity index (χ2n) is 8.86. The third-order valence-electron chi connectivity index (χ3n) is 6.29. The maximum Gasteiger partial charge on any atom is 0.391 e. The fourth-order valence-electron chi connectivity index (χ4n) is 4.19. The van der Waals surface area contributed by atoms with Crippen molar-refractivity contribution in [2.75, 3.05) is 18.9 Å². The highest BCUT2D eigenvalue weighted by atomic mass is 19.4. The van der Waals surface area contributed by atoms with Crippen LogP contribution < -0.4 is 5.32 Å². The van der Waals surface area contributed by atoms with Crippen LogP contribution in [0, 0.1) is 5.92 Å². The van der Waals surface area contributed by atoms with E-state index in [4.69, 9.17) is 9.63 Å². The number of nitrogens with one attached hydrogen (secondary N) is 1. The minimum atomic E-state index is -4.11. The molecule has 9 nitrogen and oxygen atoms in total. The second-order valence-corrected chi connectivity index (χ2v) is 8.86. The second kappa shape index (κ2) is 11.0. The molecule has 1 atom stereocenters. The Labute approximate surface area is 205 Å². The van der Waals surface area contributed by atoms with Crippen LogP contribution in [0.15, 0.2) is 47.3 Å². The van der Waals surface area contributed by atoms with Gasteiger partial charge >= 0.3 is 6.18 Å². The van der Waals surface area contributed by atoms with Gasteiger partial charge in [0.1, 0.15) is 18.1 Å². The lowest BCUT2D eigenvalue weighted by Crippen LogP contribution is -2.33. The van der Waals surface area contributed by atoms with Crippen molar-refractivity contribution in [1.82, 2.24) is 25.0 Å². The van der Waals surface area contributed by atoms with Crippen molar-refractivity contribution in [3.8, 4) is 22.8 Å². The van der Waals surface area contributed by atoms with Gasteiger partial charge in [0.25, 0.3) is 5.91 Å². The van der Waals surface area contributed by atoms with E-state index in [9.17, 15) is 18.0 Å². The van der Waals surface area contributed by atoms with Crippen molar-refractivity contribution in [1.29, 1.82) is 0 Å². The molecule has 5 rings (SSSR count). The number of amides is 1. The Balaban J connectivity index is 0.000000325. The molecule has 1 unspecified atom stereocenters. The van der Waals surface area contributed by atoms with E-state index in [1.54, 1.807) is 25.4 Å². The number of likely N-dealkylation sites (N-methyl/N-ethyl adjacent to an activating group) is 1. The Morgan fingerprint density at radius 1 is 1.00 bits per heavy atom. The van der Waals surface area contributed by atoms with Crippen molar-refractivity contribution >= 4 is 11.9 Å². The summed E-state index contributed by atoms with van der Waals surface area (Å²) in [6, 6.07) is 8.88. The fraction of sp³-hybridized carbons (Fsp3) is 0.458. The topological polar surface area (TPSA) is 117 Å². The SMILES string of the molecule is CN1CCC(O)C1=O.FC(F)(F)C1CCC(Nc2nccc(-c3cccc(-c4ccon4)n3)n2)CC1. The summed E-state index contributed by atoms with van der Waals surface area (Å²) < 4.78 is 43.3. The van der Waals surface area contributed by atoms with Crippen molar-refractivity contribution < 1.29 is 27.6 Å². The number of nitrogens with zero attached hydrogens (tertiary/aromatic N) is 5. The van der Waals surface area contributed by atoms with E-state index in [1.807, 2.05) is 18.2 Å². The first-order valence-electron chi connectivity index (χ1n) is 11.7. The number of aliphatic hydroxyl groups excluding tert-OH is 1. The van der Waals surface area contributed by atoms with Crippen molar-refractivity contribution in [3.05, 3.63) is 42.8 Å². The van der Waals surface area contributed by atoms with E-state index in [2.05, 4.69) is 25.4 Å². The maximum absolute atomic E-state index is 12.8. The van der Waals surface area contributed by atoms with Gasteiger partial charge in [0, 0.05) is 31.9 Å². The average Bonchev–Trinajstić information content (AvgIpc) is 3.51. The van der Waals surface area contributed by atoms with Gasteiger partial charge in [-0.25, -0.2) is 15.0 Å². The molecule has 0 aromatic carbocycles. The highest BCUT2D eigenvalue weighted by molar-refractivity contribution is 5.82. The fourth-order valence-corrected chi connectivity index (χ4v) is 4.19. The molecule has 3 aromatic heterocycles. The molecule has 2 aliphatic rings. The Morgan fingerprint density at radius 2 is 1.69 bits per heavy atom. The molecule has 3 aromatic rings. The Morgan fingerprint density at radius 3 is 2.25 bits per heavy atom. The molecule has 0 bridgehead atoms. The molecule has 36 heavy (non-hydrogen) atoms. The lowest BCUT2D eigenvalue weighted by molar-refractivity contribution is -0.182. The summed E-state index contributed by atoms with van der Waals surface area (Å²) in [6.45, 7) is 0.694. The molecule has 1 aliphatic heterocycles. The van der Waals surface area contributed by atoms with Gasteiger partial charge in [-0.2, -0.15) is 13.2 Å². The van der Waals surface area contributed by atoms with E-state index in [-0.39, 0.29) is 24.8 Å². The predicted molar refractivity (Wildman–Crippen MR) is 124 cm³/mol. The van der Waals surface area contributed by atoms with Crippen molar-refractivity contribution in [3.63, 3.8) is 0 Å².